The smallest absolute Gasteiger partial charge is 0.121 e. The summed E-state index contributed by atoms with van der Waals surface area (Å²) in [5.74, 6) is 2.77. The van der Waals surface area contributed by atoms with Gasteiger partial charge in [0.2, 0.25) is 0 Å². The first-order valence-electron chi connectivity index (χ1n) is 14.3. The monoisotopic (exact) mass is 549 g/mol. The Kier molecular flexibility index (Phi) is 13.2. The quantitative estimate of drug-likeness (QED) is 0.161. The maximum Gasteiger partial charge on any atom is 0.121 e. The van der Waals surface area contributed by atoms with Gasteiger partial charge < -0.3 is 19.4 Å². The summed E-state index contributed by atoms with van der Waals surface area (Å²) in [4.78, 5) is 10.6. The molecule has 0 fully saturated rings. The van der Waals surface area contributed by atoms with Crippen molar-refractivity contribution < 1.29 is 9.47 Å². The first kappa shape index (κ1) is 30.5. The van der Waals surface area contributed by atoms with E-state index in [-0.39, 0.29) is 0 Å². The number of nitrogens with zero attached hydrogens (tertiary/aromatic N) is 2. The highest BCUT2D eigenvalue weighted by molar-refractivity contribution is 6.30. The fraction of sp³-hybridized carbons (Fsp3) is 0.424. The van der Waals surface area contributed by atoms with E-state index in [0.29, 0.717) is 6.61 Å². The van der Waals surface area contributed by atoms with Gasteiger partial charge in [0.05, 0.1) is 24.2 Å². The molecule has 39 heavy (non-hydrogen) atoms. The van der Waals surface area contributed by atoms with Crippen molar-refractivity contribution in [2.75, 3.05) is 32.8 Å². The summed E-state index contributed by atoms with van der Waals surface area (Å²) in [6.07, 6.45) is 4.90. The number of hydrogen-bond acceptors (Lipinski definition) is 4. The molecule has 0 aliphatic rings. The van der Waals surface area contributed by atoms with Gasteiger partial charge in [-0.25, -0.2) is 4.98 Å². The predicted molar refractivity (Wildman–Crippen MR) is 164 cm³/mol. The second kappa shape index (κ2) is 16.8. The molecular formula is C33H44ClN3O2. The van der Waals surface area contributed by atoms with Crippen LogP contribution in [0.1, 0.15) is 57.5 Å². The van der Waals surface area contributed by atoms with Gasteiger partial charge in [0.1, 0.15) is 17.3 Å². The number of imidazole rings is 1. The molecule has 210 valence electrons. The second-order valence-corrected chi connectivity index (χ2v) is 10.1. The molecule has 1 N–H and O–H groups in total. The highest BCUT2D eigenvalue weighted by Gasteiger charge is 2.06. The van der Waals surface area contributed by atoms with Crippen molar-refractivity contribution in [3.63, 3.8) is 0 Å². The molecule has 6 heteroatoms. The van der Waals surface area contributed by atoms with E-state index in [2.05, 4.69) is 55.8 Å². The highest BCUT2D eigenvalue weighted by Crippen LogP contribution is 2.21. The average Bonchev–Trinajstić information content (AvgIpc) is 3.36. The van der Waals surface area contributed by atoms with E-state index in [4.69, 9.17) is 26.1 Å². The van der Waals surface area contributed by atoms with Crippen LogP contribution in [0.25, 0.3) is 11.0 Å². The Morgan fingerprint density at radius 1 is 0.744 bits per heavy atom. The van der Waals surface area contributed by atoms with Crippen LogP contribution in [0.5, 0.6) is 11.5 Å². The van der Waals surface area contributed by atoms with Crippen LogP contribution in [0.2, 0.25) is 5.02 Å². The van der Waals surface area contributed by atoms with E-state index in [9.17, 15) is 0 Å². The van der Waals surface area contributed by atoms with Crippen LogP contribution in [-0.4, -0.2) is 47.7 Å². The van der Waals surface area contributed by atoms with Crippen molar-refractivity contribution >= 4 is 22.6 Å². The van der Waals surface area contributed by atoms with Crippen LogP contribution in [0.3, 0.4) is 0 Å². The molecule has 3 aromatic carbocycles. The third-order valence-corrected chi connectivity index (χ3v) is 6.68. The Labute approximate surface area is 239 Å². The lowest BCUT2D eigenvalue weighted by molar-refractivity contribution is 0.249. The number of hydrogen-bond donors (Lipinski definition) is 1. The first-order chi connectivity index (χ1) is 19.0. The fourth-order valence-electron chi connectivity index (χ4n) is 4.22. The van der Waals surface area contributed by atoms with Gasteiger partial charge in [-0.15, -0.1) is 0 Å². The third kappa shape index (κ3) is 10.6. The highest BCUT2D eigenvalue weighted by atomic mass is 35.5. The molecule has 5 nitrogen and oxygen atoms in total. The maximum absolute atomic E-state index is 5.97. The van der Waals surface area contributed by atoms with Crippen LogP contribution in [0, 0.1) is 0 Å². The molecule has 0 radical (unpaired) electrons. The minimum absolute atomic E-state index is 0.640. The topological polar surface area (TPSA) is 50.4 Å². The van der Waals surface area contributed by atoms with Crippen molar-refractivity contribution in [3.05, 3.63) is 88.7 Å². The van der Waals surface area contributed by atoms with Crippen molar-refractivity contribution in [3.8, 4) is 11.5 Å². The fourth-order valence-corrected chi connectivity index (χ4v) is 4.35. The Morgan fingerprint density at radius 2 is 1.36 bits per heavy atom. The zero-order chi connectivity index (χ0) is 27.9. The molecule has 1 aromatic heterocycles. The van der Waals surface area contributed by atoms with E-state index in [1.807, 2.05) is 48.5 Å². The lowest BCUT2D eigenvalue weighted by atomic mass is 10.1. The van der Waals surface area contributed by atoms with Crippen LogP contribution >= 0.6 is 11.6 Å². The van der Waals surface area contributed by atoms with Gasteiger partial charge in [-0.1, -0.05) is 70.0 Å². The molecule has 0 bridgehead atoms. The summed E-state index contributed by atoms with van der Waals surface area (Å²) in [7, 11) is 0. The second-order valence-electron chi connectivity index (χ2n) is 9.67. The molecule has 0 saturated heterocycles. The number of ether oxygens (including phenoxy) is 2. The summed E-state index contributed by atoms with van der Waals surface area (Å²) >= 11 is 5.94. The van der Waals surface area contributed by atoms with Crippen LogP contribution < -0.4 is 9.47 Å². The Hall–Kier alpha value is -3.02. The number of rotatable bonds is 14. The minimum Gasteiger partial charge on any atom is -0.493 e. The molecule has 0 unspecified atom stereocenters. The number of aromatic amines is 1. The summed E-state index contributed by atoms with van der Waals surface area (Å²) in [6.45, 7) is 13.3. The van der Waals surface area contributed by atoms with Crippen molar-refractivity contribution in [1.82, 2.24) is 14.9 Å². The zero-order valence-corrected chi connectivity index (χ0v) is 24.8. The van der Waals surface area contributed by atoms with Crippen molar-refractivity contribution in [2.24, 2.45) is 0 Å². The number of nitrogens with one attached hydrogen (secondary N) is 1. The number of aryl methyl sites for hydroxylation is 2. The minimum atomic E-state index is 0.640. The SMILES string of the molecule is CCC.CCN(CC)CCCOc1ccc2nc(CCc3ccc(OCCc4ccc(Cl)cc4)cc3)[nH]c2c1. The standard InChI is InChI=1S/C30H36ClN3O2.C3H8/c1-3-34(4-2)19-5-20-35-27-15-16-28-29(22-27)33-30(32-28)17-10-23-8-13-26(14-9-23)36-21-18-24-6-11-25(31)12-7-24;1-3-2/h6-9,11-16,22H,3-5,10,17-21H2,1-2H3,(H,32,33);3H2,1-2H3. The van der Waals surface area contributed by atoms with Gasteiger partial charge in [-0.2, -0.15) is 0 Å². The summed E-state index contributed by atoms with van der Waals surface area (Å²) in [5.41, 5.74) is 4.48. The Balaban J connectivity index is 0.00000134. The summed E-state index contributed by atoms with van der Waals surface area (Å²) in [6, 6.07) is 22.3. The van der Waals surface area contributed by atoms with Gasteiger partial charge in [0, 0.05) is 30.5 Å². The number of fused-ring (bicyclic) bond motifs is 1. The summed E-state index contributed by atoms with van der Waals surface area (Å²) in [5, 5.41) is 0.758. The van der Waals surface area contributed by atoms with Crippen molar-refractivity contribution in [1.29, 1.82) is 0 Å². The van der Waals surface area contributed by atoms with Gasteiger partial charge >= 0.3 is 0 Å². The number of aromatic nitrogens is 2. The van der Waals surface area contributed by atoms with E-state index in [1.54, 1.807) is 0 Å². The first-order valence-corrected chi connectivity index (χ1v) is 14.7. The lowest BCUT2D eigenvalue weighted by Crippen LogP contribution is -2.25. The van der Waals surface area contributed by atoms with Gasteiger partial charge in [0.15, 0.2) is 0 Å². The molecular weight excluding hydrogens is 506 g/mol. The molecule has 0 aliphatic carbocycles. The van der Waals surface area contributed by atoms with Crippen LogP contribution in [0.15, 0.2) is 66.7 Å². The summed E-state index contributed by atoms with van der Waals surface area (Å²) < 4.78 is 11.9. The average molecular weight is 550 g/mol. The van der Waals surface area contributed by atoms with Crippen LogP contribution in [-0.2, 0) is 19.3 Å². The van der Waals surface area contributed by atoms with E-state index in [1.165, 1.54) is 17.5 Å². The Bertz CT molecular complexity index is 1220. The number of benzene rings is 3. The zero-order valence-electron chi connectivity index (χ0n) is 24.0. The number of halogens is 1. The molecule has 0 spiro atoms. The lowest BCUT2D eigenvalue weighted by Gasteiger charge is -2.17. The molecule has 4 rings (SSSR count). The molecule has 0 atom stereocenters. The maximum atomic E-state index is 5.97. The third-order valence-electron chi connectivity index (χ3n) is 6.43. The normalized spacial score (nSPS) is 10.9. The van der Waals surface area contributed by atoms with E-state index in [0.717, 1.165) is 85.3 Å². The molecule has 4 aromatic rings. The van der Waals surface area contributed by atoms with E-state index >= 15 is 0 Å². The Morgan fingerprint density at radius 3 is 2.05 bits per heavy atom. The van der Waals surface area contributed by atoms with Crippen molar-refractivity contribution in [2.45, 2.75) is 59.8 Å². The molecule has 0 amide bonds. The molecule has 1 heterocycles. The van der Waals surface area contributed by atoms with Crippen LogP contribution in [0.4, 0.5) is 0 Å². The van der Waals surface area contributed by atoms with Gasteiger partial charge in [-0.3, -0.25) is 0 Å². The predicted octanol–water partition coefficient (Wildman–Crippen LogP) is 8.15. The molecule has 0 aliphatic heterocycles. The molecule has 0 saturated carbocycles. The van der Waals surface area contributed by atoms with Gasteiger partial charge in [0.25, 0.3) is 0 Å². The van der Waals surface area contributed by atoms with E-state index < -0.39 is 0 Å². The number of H-pyrrole nitrogens is 1. The van der Waals surface area contributed by atoms with Gasteiger partial charge in [-0.05, 0) is 73.5 Å². The largest absolute Gasteiger partial charge is 0.493 e.